The van der Waals surface area contributed by atoms with Crippen molar-refractivity contribution in [1.82, 2.24) is 9.97 Å². The smallest absolute Gasteiger partial charge is 0.323 e. The van der Waals surface area contributed by atoms with Gasteiger partial charge in [-0.3, -0.25) is 4.98 Å². The second-order valence-corrected chi connectivity index (χ2v) is 7.82. The standard InChI is InChI=1S/C25H21F2N5O3/c26-20-6-4-17(13-21(20)27)30-25(33)29-16-2-1-3-18(12-16)35-19-5-7-22-23(14-19)31-24(15-28-22)32-8-10-34-11-9-32/h1-7,12-15H,8-11H2,(H2,29,30,33). The van der Waals surface area contributed by atoms with E-state index < -0.39 is 17.7 Å². The van der Waals surface area contributed by atoms with Crippen LogP contribution in [-0.4, -0.2) is 42.3 Å². The van der Waals surface area contributed by atoms with Crippen molar-refractivity contribution in [2.75, 3.05) is 41.8 Å². The average Bonchev–Trinajstić information content (AvgIpc) is 2.86. The molecule has 0 radical (unpaired) electrons. The van der Waals surface area contributed by atoms with Gasteiger partial charge in [-0.1, -0.05) is 6.07 Å². The number of aromatic nitrogens is 2. The molecule has 2 amide bonds. The Hall–Kier alpha value is -4.31. The van der Waals surface area contributed by atoms with Crippen molar-refractivity contribution >= 4 is 34.3 Å². The normalized spacial score (nSPS) is 13.5. The summed E-state index contributed by atoms with van der Waals surface area (Å²) in [6.07, 6.45) is 1.76. The molecule has 2 heterocycles. The third kappa shape index (κ3) is 5.44. The van der Waals surface area contributed by atoms with E-state index in [2.05, 4.69) is 20.5 Å². The van der Waals surface area contributed by atoms with Crippen LogP contribution in [-0.2, 0) is 4.74 Å². The molecule has 8 nitrogen and oxygen atoms in total. The van der Waals surface area contributed by atoms with E-state index in [1.165, 1.54) is 6.07 Å². The van der Waals surface area contributed by atoms with Gasteiger partial charge in [-0.2, -0.15) is 0 Å². The molecule has 1 fully saturated rings. The first kappa shape index (κ1) is 22.5. The van der Waals surface area contributed by atoms with Gasteiger partial charge in [0, 0.05) is 42.7 Å². The van der Waals surface area contributed by atoms with Crippen molar-refractivity contribution in [3.05, 3.63) is 78.5 Å². The lowest BCUT2D eigenvalue weighted by Gasteiger charge is -2.27. The van der Waals surface area contributed by atoms with E-state index in [-0.39, 0.29) is 5.69 Å². The van der Waals surface area contributed by atoms with Crippen molar-refractivity contribution in [3.8, 4) is 11.5 Å². The number of nitrogens with zero attached hydrogens (tertiary/aromatic N) is 3. The maximum absolute atomic E-state index is 13.4. The number of carbonyl (C=O) groups is 1. The molecule has 1 aromatic heterocycles. The highest BCUT2D eigenvalue weighted by molar-refractivity contribution is 5.99. The Bertz CT molecular complexity index is 1380. The SMILES string of the molecule is O=C(Nc1cccc(Oc2ccc3ncc(N4CCOCC4)nc3c2)c1)Nc1ccc(F)c(F)c1. The lowest BCUT2D eigenvalue weighted by Crippen LogP contribution is -2.36. The molecule has 4 aromatic rings. The van der Waals surface area contributed by atoms with Crippen LogP contribution in [0.25, 0.3) is 11.0 Å². The van der Waals surface area contributed by atoms with Crippen molar-refractivity contribution in [3.63, 3.8) is 0 Å². The zero-order chi connectivity index (χ0) is 24.2. The molecule has 0 bridgehead atoms. The summed E-state index contributed by atoms with van der Waals surface area (Å²) in [5.74, 6) is -0.189. The number of anilines is 3. The molecular formula is C25H21F2N5O3. The Morgan fingerprint density at radius 3 is 2.46 bits per heavy atom. The number of carbonyl (C=O) groups excluding carboxylic acids is 1. The van der Waals surface area contributed by atoms with Crippen LogP contribution in [0.4, 0.5) is 30.8 Å². The van der Waals surface area contributed by atoms with Crippen molar-refractivity contribution < 1.29 is 23.0 Å². The van der Waals surface area contributed by atoms with Crippen LogP contribution >= 0.6 is 0 Å². The molecule has 1 saturated heterocycles. The molecule has 2 N–H and O–H groups in total. The first-order chi connectivity index (χ1) is 17.0. The largest absolute Gasteiger partial charge is 0.457 e. The number of halogens is 2. The third-order valence-corrected chi connectivity index (χ3v) is 5.34. The van der Waals surface area contributed by atoms with Gasteiger partial charge < -0.3 is 25.0 Å². The number of morpholine rings is 1. The summed E-state index contributed by atoms with van der Waals surface area (Å²) in [6.45, 7) is 2.85. The second-order valence-electron chi connectivity index (χ2n) is 7.82. The van der Waals surface area contributed by atoms with E-state index >= 15 is 0 Å². The predicted molar refractivity (Wildman–Crippen MR) is 128 cm³/mol. The number of fused-ring (bicyclic) bond motifs is 1. The van der Waals surface area contributed by atoms with Crippen molar-refractivity contribution in [2.45, 2.75) is 0 Å². The fraction of sp³-hybridized carbons (Fsp3) is 0.160. The number of amides is 2. The molecule has 0 unspecified atom stereocenters. The fourth-order valence-electron chi connectivity index (χ4n) is 3.63. The highest BCUT2D eigenvalue weighted by Gasteiger charge is 2.14. The number of rotatable bonds is 5. The van der Waals surface area contributed by atoms with Gasteiger partial charge in [0.05, 0.1) is 30.4 Å². The molecule has 178 valence electrons. The molecule has 1 aliphatic heterocycles. The topological polar surface area (TPSA) is 88.6 Å². The molecule has 35 heavy (non-hydrogen) atoms. The van der Waals surface area contributed by atoms with Gasteiger partial charge in [-0.05, 0) is 36.4 Å². The summed E-state index contributed by atoms with van der Waals surface area (Å²) in [6, 6.07) is 14.7. The molecule has 0 atom stereocenters. The molecular weight excluding hydrogens is 456 g/mol. The zero-order valence-electron chi connectivity index (χ0n) is 18.5. The quantitative estimate of drug-likeness (QED) is 0.412. The van der Waals surface area contributed by atoms with Crippen LogP contribution < -0.4 is 20.3 Å². The molecule has 3 aromatic carbocycles. The van der Waals surface area contributed by atoms with Gasteiger partial charge in [0.15, 0.2) is 11.6 Å². The lowest BCUT2D eigenvalue weighted by molar-refractivity contribution is 0.122. The van der Waals surface area contributed by atoms with E-state index in [9.17, 15) is 13.6 Å². The average molecular weight is 477 g/mol. The Balaban J connectivity index is 1.27. The van der Waals surface area contributed by atoms with Gasteiger partial charge in [0.2, 0.25) is 0 Å². The van der Waals surface area contributed by atoms with Gasteiger partial charge in [0.1, 0.15) is 17.3 Å². The van der Waals surface area contributed by atoms with Crippen LogP contribution in [0.5, 0.6) is 11.5 Å². The first-order valence-corrected chi connectivity index (χ1v) is 10.9. The maximum Gasteiger partial charge on any atom is 0.323 e. The molecule has 0 aliphatic carbocycles. The fourth-order valence-corrected chi connectivity index (χ4v) is 3.63. The third-order valence-electron chi connectivity index (χ3n) is 5.34. The molecule has 10 heteroatoms. The molecule has 5 rings (SSSR count). The summed E-state index contributed by atoms with van der Waals surface area (Å²) < 4.78 is 37.8. The summed E-state index contributed by atoms with van der Waals surface area (Å²) in [5, 5.41) is 5.10. The minimum Gasteiger partial charge on any atom is -0.457 e. The van der Waals surface area contributed by atoms with Gasteiger partial charge in [-0.15, -0.1) is 0 Å². The summed E-state index contributed by atoms with van der Waals surface area (Å²) in [7, 11) is 0. The van der Waals surface area contributed by atoms with Gasteiger partial charge >= 0.3 is 6.03 Å². The molecule has 1 aliphatic rings. The highest BCUT2D eigenvalue weighted by atomic mass is 19.2. The van der Waals surface area contributed by atoms with Crippen LogP contribution in [0.15, 0.2) is 66.9 Å². The Morgan fingerprint density at radius 2 is 1.66 bits per heavy atom. The monoisotopic (exact) mass is 477 g/mol. The Kier molecular flexibility index (Phi) is 6.36. The van der Waals surface area contributed by atoms with Crippen LogP contribution in [0, 0.1) is 11.6 Å². The molecule has 0 spiro atoms. The number of hydrogen-bond acceptors (Lipinski definition) is 6. The lowest BCUT2D eigenvalue weighted by atomic mass is 10.2. The highest BCUT2D eigenvalue weighted by Crippen LogP contribution is 2.27. The predicted octanol–water partition coefficient (Wildman–Crippen LogP) is 5.18. The van der Waals surface area contributed by atoms with Crippen molar-refractivity contribution in [2.24, 2.45) is 0 Å². The van der Waals surface area contributed by atoms with E-state index in [0.29, 0.717) is 35.9 Å². The van der Waals surface area contributed by atoms with E-state index in [1.54, 1.807) is 36.5 Å². The Morgan fingerprint density at radius 1 is 0.886 bits per heavy atom. The number of ether oxygens (including phenoxy) is 2. The minimum atomic E-state index is -1.05. The number of hydrogen-bond donors (Lipinski definition) is 2. The van der Waals surface area contributed by atoms with Crippen LogP contribution in [0.1, 0.15) is 0 Å². The van der Waals surface area contributed by atoms with E-state index in [1.807, 2.05) is 12.1 Å². The van der Waals surface area contributed by atoms with Crippen LogP contribution in [0.2, 0.25) is 0 Å². The minimum absolute atomic E-state index is 0.127. The second kappa shape index (κ2) is 9.90. The maximum atomic E-state index is 13.4. The van der Waals surface area contributed by atoms with Crippen LogP contribution in [0.3, 0.4) is 0 Å². The van der Waals surface area contributed by atoms with Gasteiger partial charge in [-0.25, -0.2) is 18.6 Å². The first-order valence-electron chi connectivity index (χ1n) is 10.9. The number of benzene rings is 3. The molecule has 0 saturated carbocycles. The summed E-state index contributed by atoms with van der Waals surface area (Å²) in [5.41, 5.74) is 2.03. The summed E-state index contributed by atoms with van der Waals surface area (Å²) >= 11 is 0. The number of nitrogens with one attached hydrogen (secondary N) is 2. The Labute approximate surface area is 199 Å². The van der Waals surface area contributed by atoms with Gasteiger partial charge in [0.25, 0.3) is 0 Å². The summed E-state index contributed by atoms with van der Waals surface area (Å²) in [4.78, 5) is 23.6. The zero-order valence-corrected chi connectivity index (χ0v) is 18.5. The number of urea groups is 1. The van der Waals surface area contributed by atoms with E-state index in [4.69, 9.17) is 14.5 Å². The van der Waals surface area contributed by atoms with E-state index in [0.717, 1.165) is 36.6 Å². The van der Waals surface area contributed by atoms with Crippen molar-refractivity contribution in [1.29, 1.82) is 0 Å².